The van der Waals surface area contributed by atoms with Crippen LogP contribution >= 0.6 is 11.3 Å². The molecule has 38 heavy (non-hydrogen) atoms. The Labute approximate surface area is 226 Å². The van der Waals surface area contributed by atoms with Crippen molar-refractivity contribution in [2.24, 2.45) is 16.3 Å². The molecule has 194 valence electrons. The first kappa shape index (κ1) is 25.7. The predicted molar refractivity (Wildman–Crippen MR) is 152 cm³/mol. The quantitative estimate of drug-likeness (QED) is 0.250. The third-order valence-corrected chi connectivity index (χ3v) is 8.22. The van der Waals surface area contributed by atoms with Crippen LogP contribution in [0.3, 0.4) is 0 Å². The van der Waals surface area contributed by atoms with Gasteiger partial charge in [-0.1, -0.05) is 51.1 Å². The van der Waals surface area contributed by atoms with E-state index >= 15 is 0 Å². The van der Waals surface area contributed by atoms with E-state index in [-0.39, 0.29) is 16.9 Å². The van der Waals surface area contributed by atoms with Gasteiger partial charge in [0, 0.05) is 16.1 Å². The van der Waals surface area contributed by atoms with Gasteiger partial charge in [0.05, 0.1) is 17.3 Å². The number of fused-ring (bicyclic) bond motifs is 1. The number of carboxylic acids is 1. The maximum absolute atomic E-state index is 13.5. The molecule has 2 aromatic carbocycles. The molecule has 6 nitrogen and oxygen atoms in total. The van der Waals surface area contributed by atoms with Gasteiger partial charge in [0.2, 0.25) is 0 Å². The van der Waals surface area contributed by atoms with Crippen LogP contribution in [0.15, 0.2) is 76.1 Å². The third-order valence-electron chi connectivity index (χ3n) is 7.06. The molecule has 0 spiro atoms. The van der Waals surface area contributed by atoms with E-state index in [1.165, 1.54) is 4.88 Å². The molecule has 0 unspecified atom stereocenters. The molecule has 1 atom stereocenters. The summed E-state index contributed by atoms with van der Waals surface area (Å²) in [6.07, 6.45) is 4.46. The molecule has 1 aliphatic carbocycles. The lowest BCUT2D eigenvalue weighted by Gasteiger charge is -2.33. The largest absolute Gasteiger partial charge is 0.478 e. The highest BCUT2D eigenvalue weighted by Gasteiger charge is 2.33. The summed E-state index contributed by atoms with van der Waals surface area (Å²) in [6.45, 7) is 6.83. The number of nitrogens with one attached hydrogen (secondary N) is 1. The summed E-state index contributed by atoms with van der Waals surface area (Å²) in [5.74, 6) is 0.478. The van der Waals surface area contributed by atoms with E-state index in [1.807, 2.05) is 30.3 Å². The van der Waals surface area contributed by atoms with Crippen LogP contribution in [0.5, 0.6) is 0 Å². The Morgan fingerprint density at radius 1 is 1.08 bits per heavy atom. The number of thiophene rings is 1. The highest BCUT2D eigenvalue weighted by molar-refractivity contribution is 7.16. The van der Waals surface area contributed by atoms with Gasteiger partial charge in [0.1, 0.15) is 16.5 Å². The lowest BCUT2D eigenvalue weighted by atomic mass is 9.72. The number of aromatic carboxylic acids is 1. The molecular weight excluding hydrogens is 496 g/mol. The van der Waals surface area contributed by atoms with Gasteiger partial charge >= 0.3 is 5.97 Å². The van der Waals surface area contributed by atoms with Crippen molar-refractivity contribution in [2.45, 2.75) is 40.0 Å². The Bertz CT molecular complexity index is 1510. The van der Waals surface area contributed by atoms with Crippen LogP contribution in [0.1, 0.15) is 64.1 Å². The Hall–Kier alpha value is -3.97. The summed E-state index contributed by atoms with van der Waals surface area (Å²) in [5, 5.41) is 13.0. The molecule has 2 heterocycles. The SMILES string of the molecule is CC(C)(C)[C@H]1CCc2c(sc(N=Cc3ccc(-c4cccc(C(=O)O)c4)o3)c2C(=O)Nc2ccccc2)C1. The van der Waals surface area contributed by atoms with Crippen LogP contribution in [0.2, 0.25) is 0 Å². The van der Waals surface area contributed by atoms with Crippen molar-refractivity contribution in [3.05, 3.63) is 94.1 Å². The molecule has 0 aliphatic heterocycles. The summed E-state index contributed by atoms with van der Waals surface area (Å²) in [4.78, 5) is 30.8. The van der Waals surface area contributed by atoms with Gasteiger partial charge in [-0.15, -0.1) is 11.3 Å². The maximum atomic E-state index is 13.5. The van der Waals surface area contributed by atoms with Crippen molar-refractivity contribution < 1.29 is 19.1 Å². The minimum Gasteiger partial charge on any atom is -0.478 e. The molecule has 2 N–H and O–H groups in total. The number of rotatable bonds is 6. The first-order valence-electron chi connectivity index (χ1n) is 12.7. The van der Waals surface area contributed by atoms with Crippen LogP contribution in [0.25, 0.3) is 11.3 Å². The van der Waals surface area contributed by atoms with Crippen molar-refractivity contribution in [3.63, 3.8) is 0 Å². The zero-order valence-electron chi connectivity index (χ0n) is 21.7. The van der Waals surface area contributed by atoms with Gasteiger partial charge in [-0.25, -0.2) is 9.79 Å². The van der Waals surface area contributed by atoms with Gasteiger partial charge < -0.3 is 14.8 Å². The number of furan rings is 1. The summed E-state index contributed by atoms with van der Waals surface area (Å²) in [5.41, 5.74) is 3.54. The van der Waals surface area contributed by atoms with E-state index in [2.05, 4.69) is 26.1 Å². The average Bonchev–Trinajstić information content (AvgIpc) is 3.52. The van der Waals surface area contributed by atoms with E-state index in [9.17, 15) is 14.7 Å². The molecule has 1 amide bonds. The van der Waals surface area contributed by atoms with Crippen molar-refractivity contribution >= 4 is 40.1 Å². The first-order valence-corrected chi connectivity index (χ1v) is 13.5. The predicted octanol–water partition coefficient (Wildman–Crippen LogP) is 7.86. The molecule has 0 radical (unpaired) electrons. The molecular formula is C31H30N2O4S. The van der Waals surface area contributed by atoms with E-state index in [0.717, 1.165) is 30.5 Å². The number of benzene rings is 2. The fraction of sp³-hybridized carbons (Fsp3) is 0.258. The standard InChI is InChI=1S/C31H30N2O4S/c1-31(2,3)21-12-14-24-26(17-21)38-29(27(24)28(34)33-22-10-5-4-6-11-22)32-18-23-13-15-25(37-23)19-8-7-9-20(16-19)30(35)36/h4-11,13,15-16,18,21H,12,14,17H2,1-3H3,(H,33,34)(H,35,36)/t21-/m0/s1. The lowest BCUT2D eigenvalue weighted by Crippen LogP contribution is -2.27. The molecule has 7 heteroatoms. The maximum Gasteiger partial charge on any atom is 0.335 e. The molecule has 5 rings (SSSR count). The molecule has 2 aromatic heterocycles. The average molecular weight is 527 g/mol. The van der Waals surface area contributed by atoms with Crippen molar-refractivity contribution in [3.8, 4) is 11.3 Å². The van der Waals surface area contributed by atoms with Gasteiger partial charge in [-0.05, 0) is 72.6 Å². The van der Waals surface area contributed by atoms with Crippen LogP contribution in [0, 0.1) is 11.3 Å². The second-order valence-corrected chi connectivity index (χ2v) is 11.7. The fourth-order valence-corrected chi connectivity index (χ4v) is 6.12. The first-order chi connectivity index (χ1) is 18.2. The second kappa shape index (κ2) is 10.4. The molecule has 0 fully saturated rings. The number of carbonyl (C=O) groups excluding carboxylic acids is 1. The van der Waals surface area contributed by atoms with Gasteiger partial charge in [-0.3, -0.25) is 4.79 Å². The van der Waals surface area contributed by atoms with Crippen LogP contribution in [0.4, 0.5) is 10.7 Å². The Morgan fingerprint density at radius 3 is 2.61 bits per heavy atom. The zero-order chi connectivity index (χ0) is 26.9. The Morgan fingerprint density at radius 2 is 1.87 bits per heavy atom. The summed E-state index contributed by atoms with van der Waals surface area (Å²) >= 11 is 1.58. The van der Waals surface area contributed by atoms with Crippen molar-refractivity contribution in [1.29, 1.82) is 0 Å². The molecule has 0 saturated heterocycles. The summed E-state index contributed by atoms with van der Waals surface area (Å²) in [7, 11) is 0. The molecule has 4 aromatic rings. The van der Waals surface area contributed by atoms with Crippen LogP contribution in [-0.4, -0.2) is 23.2 Å². The van der Waals surface area contributed by atoms with E-state index in [0.29, 0.717) is 33.6 Å². The van der Waals surface area contributed by atoms with Crippen molar-refractivity contribution in [1.82, 2.24) is 0 Å². The van der Waals surface area contributed by atoms with Gasteiger partial charge in [0.25, 0.3) is 5.91 Å². The number of anilines is 1. The summed E-state index contributed by atoms with van der Waals surface area (Å²) in [6, 6.07) is 19.6. The summed E-state index contributed by atoms with van der Waals surface area (Å²) < 4.78 is 5.95. The number of hydrogen-bond acceptors (Lipinski definition) is 5. The molecule has 0 saturated carbocycles. The van der Waals surface area contributed by atoms with Crippen LogP contribution in [-0.2, 0) is 12.8 Å². The van der Waals surface area contributed by atoms with E-state index in [4.69, 9.17) is 9.41 Å². The highest BCUT2D eigenvalue weighted by atomic mass is 32.1. The highest BCUT2D eigenvalue weighted by Crippen LogP contribution is 2.45. The number of nitrogens with zero attached hydrogens (tertiary/aromatic N) is 1. The number of hydrogen-bond donors (Lipinski definition) is 2. The van der Waals surface area contributed by atoms with Gasteiger partial charge in [-0.2, -0.15) is 0 Å². The normalized spacial score (nSPS) is 15.4. The van der Waals surface area contributed by atoms with E-state index in [1.54, 1.807) is 53.9 Å². The van der Waals surface area contributed by atoms with Gasteiger partial charge in [0.15, 0.2) is 0 Å². The Balaban J connectivity index is 1.46. The third kappa shape index (κ3) is 5.48. The second-order valence-electron chi connectivity index (χ2n) is 10.7. The van der Waals surface area contributed by atoms with E-state index < -0.39 is 5.97 Å². The number of amides is 1. The topological polar surface area (TPSA) is 91.9 Å². The molecule has 1 aliphatic rings. The number of para-hydroxylation sites is 1. The lowest BCUT2D eigenvalue weighted by molar-refractivity contribution is 0.0696. The number of carbonyl (C=O) groups is 2. The monoisotopic (exact) mass is 526 g/mol. The van der Waals surface area contributed by atoms with Crippen molar-refractivity contribution in [2.75, 3.05) is 5.32 Å². The smallest absolute Gasteiger partial charge is 0.335 e. The van der Waals surface area contributed by atoms with Crippen LogP contribution < -0.4 is 5.32 Å². The fourth-order valence-electron chi connectivity index (χ4n) is 4.86. The Kier molecular flexibility index (Phi) is 7.04. The number of aliphatic imine (C=N–C) groups is 1. The zero-order valence-corrected chi connectivity index (χ0v) is 22.5. The minimum absolute atomic E-state index is 0.152. The number of carboxylic acid groups (broad SMARTS) is 1. The minimum atomic E-state index is -0.989. The molecule has 0 bridgehead atoms.